The Kier molecular flexibility index (Phi) is 5.36. The Balaban J connectivity index is 1.73. The zero-order valence-electron chi connectivity index (χ0n) is 11.8. The van der Waals surface area contributed by atoms with Gasteiger partial charge in [0.05, 0.1) is 6.61 Å². The summed E-state index contributed by atoms with van der Waals surface area (Å²) >= 11 is 0. The van der Waals surface area contributed by atoms with Crippen molar-refractivity contribution in [2.45, 2.75) is 13.5 Å². The van der Waals surface area contributed by atoms with Gasteiger partial charge in [0.25, 0.3) is 0 Å². The first-order valence-electron chi connectivity index (χ1n) is 6.56. The molecule has 0 saturated heterocycles. The number of hydrogen-bond acceptors (Lipinski definition) is 5. The highest BCUT2D eigenvalue weighted by atomic mass is 16.5. The van der Waals surface area contributed by atoms with E-state index in [0.29, 0.717) is 19.0 Å². The van der Waals surface area contributed by atoms with Crippen LogP contribution in [-0.4, -0.2) is 19.1 Å². The van der Waals surface area contributed by atoms with Crippen molar-refractivity contribution < 1.29 is 18.7 Å². The van der Waals surface area contributed by atoms with Gasteiger partial charge in [-0.2, -0.15) is 0 Å². The van der Waals surface area contributed by atoms with E-state index in [1.54, 1.807) is 13.0 Å². The molecule has 0 aliphatic rings. The van der Waals surface area contributed by atoms with Gasteiger partial charge < -0.3 is 13.9 Å². The average molecular weight is 290 g/mol. The number of carbonyl (C=O) groups is 1. The number of hydrogen-bond donors (Lipinski definition) is 2. The lowest BCUT2D eigenvalue weighted by Gasteiger charge is -2.05. The number of nitrogens with one attached hydrogen (secondary N) is 1. The molecule has 2 aromatic rings. The molecule has 6 heteroatoms. The van der Waals surface area contributed by atoms with Crippen LogP contribution in [-0.2, 0) is 11.3 Å². The van der Waals surface area contributed by atoms with E-state index in [1.807, 2.05) is 35.8 Å². The third-order valence-corrected chi connectivity index (χ3v) is 2.79. The summed E-state index contributed by atoms with van der Waals surface area (Å²) in [6.07, 6.45) is 0. The molecule has 1 amide bonds. The van der Waals surface area contributed by atoms with Crippen molar-refractivity contribution >= 4 is 5.91 Å². The molecule has 0 aliphatic heterocycles. The number of amides is 1. The van der Waals surface area contributed by atoms with Crippen LogP contribution in [0.25, 0.3) is 0 Å². The van der Waals surface area contributed by atoms with E-state index in [1.165, 1.54) is 0 Å². The molecule has 0 fully saturated rings. The minimum atomic E-state index is -0.453. The van der Waals surface area contributed by atoms with Crippen LogP contribution >= 0.6 is 0 Å². The van der Waals surface area contributed by atoms with Crippen molar-refractivity contribution in [2.75, 3.05) is 13.2 Å². The molecular weight excluding hydrogens is 272 g/mol. The molecular formula is C15H18N2O4. The minimum Gasteiger partial charge on any atom is -0.491 e. The van der Waals surface area contributed by atoms with Gasteiger partial charge in [-0.3, -0.25) is 10.2 Å². The number of nitrogen functional groups attached to an aromatic ring is 1. The first-order valence-corrected chi connectivity index (χ1v) is 6.56. The fraction of sp³-hybridized carbons (Fsp3) is 0.267. The standard InChI is InChI=1S/C15H18N2O4/c1-11-9-13(21-14(11)15(18)17-16)10-19-7-8-20-12-5-3-2-4-6-12/h2-6,9H,7-8,10,16H2,1H3,(H,17,18). The van der Waals surface area contributed by atoms with Gasteiger partial charge in [-0.1, -0.05) is 18.2 Å². The number of para-hydroxylation sites is 1. The monoisotopic (exact) mass is 290 g/mol. The lowest BCUT2D eigenvalue weighted by Crippen LogP contribution is -2.30. The Morgan fingerprint density at radius 3 is 2.76 bits per heavy atom. The van der Waals surface area contributed by atoms with Gasteiger partial charge in [-0.15, -0.1) is 0 Å². The van der Waals surface area contributed by atoms with Crippen LogP contribution < -0.4 is 16.0 Å². The van der Waals surface area contributed by atoms with Crippen molar-refractivity contribution in [1.29, 1.82) is 0 Å². The summed E-state index contributed by atoms with van der Waals surface area (Å²) in [6.45, 7) is 2.92. The molecule has 6 nitrogen and oxygen atoms in total. The number of furan rings is 1. The Hall–Kier alpha value is -2.31. The highest BCUT2D eigenvalue weighted by Crippen LogP contribution is 2.15. The maximum absolute atomic E-state index is 11.4. The molecule has 112 valence electrons. The molecule has 2 rings (SSSR count). The summed E-state index contributed by atoms with van der Waals surface area (Å²) in [5.74, 6) is 6.20. The molecule has 0 aliphatic carbocycles. The number of benzene rings is 1. The largest absolute Gasteiger partial charge is 0.491 e. The summed E-state index contributed by atoms with van der Waals surface area (Å²) in [4.78, 5) is 11.4. The maximum atomic E-state index is 11.4. The van der Waals surface area contributed by atoms with Crippen molar-refractivity contribution in [3.05, 3.63) is 53.5 Å². The molecule has 0 unspecified atom stereocenters. The minimum absolute atomic E-state index is 0.205. The molecule has 0 bridgehead atoms. The molecule has 21 heavy (non-hydrogen) atoms. The molecule has 1 heterocycles. The Morgan fingerprint density at radius 2 is 2.05 bits per heavy atom. The van der Waals surface area contributed by atoms with E-state index in [9.17, 15) is 4.79 Å². The smallest absolute Gasteiger partial charge is 0.301 e. The van der Waals surface area contributed by atoms with Crippen LogP contribution in [0.5, 0.6) is 5.75 Å². The van der Waals surface area contributed by atoms with E-state index < -0.39 is 5.91 Å². The number of ether oxygens (including phenoxy) is 2. The second-order valence-electron chi connectivity index (χ2n) is 4.41. The van der Waals surface area contributed by atoms with Crippen molar-refractivity contribution in [1.82, 2.24) is 5.43 Å². The van der Waals surface area contributed by atoms with Crippen molar-refractivity contribution in [3.63, 3.8) is 0 Å². The summed E-state index contributed by atoms with van der Waals surface area (Å²) in [5, 5.41) is 0. The van der Waals surface area contributed by atoms with Crippen LogP contribution in [0.2, 0.25) is 0 Å². The van der Waals surface area contributed by atoms with Gasteiger partial charge in [0.15, 0.2) is 5.76 Å². The third-order valence-electron chi connectivity index (χ3n) is 2.79. The SMILES string of the molecule is Cc1cc(COCCOc2ccccc2)oc1C(=O)NN. The van der Waals surface area contributed by atoms with Crippen LogP contribution in [0.15, 0.2) is 40.8 Å². The average Bonchev–Trinajstić information content (AvgIpc) is 2.88. The fourth-order valence-electron chi connectivity index (χ4n) is 1.82. The topological polar surface area (TPSA) is 86.7 Å². The number of hydrazine groups is 1. The van der Waals surface area contributed by atoms with Gasteiger partial charge in [0, 0.05) is 5.56 Å². The normalized spacial score (nSPS) is 10.4. The van der Waals surface area contributed by atoms with Crippen molar-refractivity contribution in [2.24, 2.45) is 5.84 Å². The zero-order valence-corrected chi connectivity index (χ0v) is 11.8. The van der Waals surface area contributed by atoms with E-state index in [-0.39, 0.29) is 12.4 Å². The predicted molar refractivity (Wildman–Crippen MR) is 76.7 cm³/mol. The lowest BCUT2D eigenvalue weighted by molar-refractivity contribution is 0.0757. The number of rotatable bonds is 7. The van der Waals surface area contributed by atoms with Crippen molar-refractivity contribution in [3.8, 4) is 5.75 Å². The number of aryl methyl sites for hydroxylation is 1. The summed E-state index contributed by atoms with van der Waals surface area (Å²) in [7, 11) is 0. The maximum Gasteiger partial charge on any atom is 0.301 e. The van der Waals surface area contributed by atoms with Gasteiger partial charge in [0.2, 0.25) is 0 Å². The predicted octanol–water partition coefficient (Wildman–Crippen LogP) is 1.79. The molecule has 1 aromatic heterocycles. The number of nitrogens with two attached hydrogens (primary N) is 1. The fourth-order valence-corrected chi connectivity index (χ4v) is 1.82. The molecule has 3 N–H and O–H groups in total. The highest BCUT2D eigenvalue weighted by Gasteiger charge is 2.14. The van der Waals surface area contributed by atoms with E-state index in [2.05, 4.69) is 0 Å². The van der Waals surface area contributed by atoms with E-state index in [0.717, 1.165) is 11.3 Å². The van der Waals surface area contributed by atoms with Crippen LogP contribution in [0.3, 0.4) is 0 Å². The van der Waals surface area contributed by atoms with Crippen LogP contribution in [0.1, 0.15) is 21.9 Å². The first-order chi connectivity index (χ1) is 10.2. The van der Waals surface area contributed by atoms with E-state index in [4.69, 9.17) is 19.7 Å². The molecule has 0 spiro atoms. The third kappa shape index (κ3) is 4.34. The molecule has 0 radical (unpaired) electrons. The van der Waals surface area contributed by atoms with Gasteiger partial charge in [0.1, 0.15) is 24.7 Å². The number of carbonyl (C=O) groups excluding carboxylic acids is 1. The zero-order chi connectivity index (χ0) is 15.1. The Morgan fingerprint density at radius 1 is 1.29 bits per heavy atom. The first kappa shape index (κ1) is 15.1. The Labute approximate surface area is 122 Å². The van der Waals surface area contributed by atoms with Crippen LogP contribution in [0, 0.1) is 6.92 Å². The molecule has 0 saturated carbocycles. The van der Waals surface area contributed by atoms with Crippen LogP contribution in [0.4, 0.5) is 0 Å². The summed E-state index contributed by atoms with van der Waals surface area (Å²) in [6, 6.07) is 11.3. The molecule has 1 aromatic carbocycles. The lowest BCUT2D eigenvalue weighted by atomic mass is 10.2. The molecule has 0 atom stereocenters. The second kappa shape index (κ2) is 7.47. The highest BCUT2D eigenvalue weighted by molar-refractivity contribution is 5.92. The quantitative estimate of drug-likeness (QED) is 0.351. The Bertz CT molecular complexity index is 581. The van der Waals surface area contributed by atoms with E-state index >= 15 is 0 Å². The summed E-state index contributed by atoms with van der Waals surface area (Å²) in [5.41, 5.74) is 2.76. The van der Waals surface area contributed by atoms with Gasteiger partial charge in [-0.05, 0) is 25.1 Å². The van der Waals surface area contributed by atoms with Gasteiger partial charge >= 0.3 is 5.91 Å². The van der Waals surface area contributed by atoms with Gasteiger partial charge in [-0.25, -0.2) is 5.84 Å². The second-order valence-corrected chi connectivity index (χ2v) is 4.41. The summed E-state index contributed by atoms with van der Waals surface area (Å²) < 4.78 is 16.3.